The van der Waals surface area contributed by atoms with Crippen LogP contribution in [0.4, 0.5) is 0 Å². The summed E-state index contributed by atoms with van der Waals surface area (Å²) in [5.41, 5.74) is 1.83. The lowest BCUT2D eigenvalue weighted by molar-refractivity contribution is 0.0949. The Kier molecular flexibility index (Phi) is 7.16. The van der Waals surface area contributed by atoms with E-state index in [2.05, 4.69) is 15.0 Å². The fraction of sp³-hybridized carbons (Fsp3) is 0.167. The van der Waals surface area contributed by atoms with E-state index in [1.165, 1.54) is 18.2 Å². The Morgan fingerprint density at radius 2 is 1.79 bits per heavy atom. The molecule has 10 heteroatoms. The molecule has 0 atom stereocenters. The highest BCUT2D eigenvalue weighted by Gasteiger charge is 2.19. The zero-order chi connectivity index (χ0) is 24.1. The molecular weight excluding hydrogens is 476 g/mol. The van der Waals surface area contributed by atoms with E-state index < -0.39 is 15.9 Å². The molecule has 0 bridgehead atoms. The van der Waals surface area contributed by atoms with Crippen molar-refractivity contribution in [3.05, 3.63) is 89.2 Å². The lowest BCUT2D eigenvalue weighted by atomic mass is 10.2. The van der Waals surface area contributed by atoms with Crippen molar-refractivity contribution in [2.45, 2.75) is 11.4 Å². The Bertz CT molecular complexity index is 1420. The number of rotatable bonds is 9. The SMILES string of the molecule is Cn1c(CNC(=O)c2cc(S(=O)(=O)NCCOc3ccccc3)ccc2Cl)nc2ccccc21. The first-order valence-corrected chi connectivity index (χ1v) is 12.4. The molecule has 4 aromatic rings. The molecule has 176 valence electrons. The van der Waals surface area contributed by atoms with Crippen LogP contribution in [0.5, 0.6) is 5.75 Å². The smallest absolute Gasteiger partial charge is 0.253 e. The second-order valence-corrected chi connectivity index (χ2v) is 9.63. The number of sulfonamides is 1. The van der Waals surface area contributed by atoms with Crippen molar-refractivity contribution in [1.82, 2.24) is 19.6 Å². The summed E-state index contributed by atoms with van der Waals surface area (Å²) in [6.45, 7) is 0.378. The number of ether oxygens (including phenoxy) is 1. The number of para-hydroxylation sites is 3. The molecular formula is C24H23ClN4O4S. The van der Waals surface area contributed by atoms with Gasteiger partial charge in [-0.3, -0.25) is 4.79 Å². The largest absolute Gasteiger partial charge is 0.492 e. The molecule has 1 heterocycles. The van der Waals surface area contributed by atoms with E-state index in [0.29, 0.717) is 11.6 Å². The van der Waals surface area contributed by atoms with Crippen LogP contribution in [0.1, 0.15) is 16.2 Å². The minimum absolute atomic E-state index is 0.0591. The summed E-state index contributed by atoms with van der Waals surface area (Å²) in [6, 6.07) is 20.7. The summed E-state index contributed by atoms with van der Waals surface area (Å²) in [4.78, 5) is 17.2. The molecule has 0 unspecified atom stereocenters. The fourth-order valence-corrected chi connectivity index (χ4v) is 4.64. The Balaban J connectivity index is 1.40. The molecule has 34 heavy (non-hydrogen) atoms. The molecule has 0 aliphatic carbocycles. The minimum Gasteiger partial charge on any atom is -0.492 e. The summed E-state index contributed by atoms with van der Waals surface area (Å²) in [6.07, 6.45) is 0. The highest BCUT2D eigenvalue weighted by atomic mass is 35.5. The topological polar surface area (TPSA) is 102 Å². The lowest BCUT2D eigenvalue weighted by Crippen LogP contribution is -2.29. The molecule has 2 N–H and O–H groups in total. The van der Waals surface area contributed by atoms with Crippen LogP contribution in [0.15, 0.2) is 77.7 Å². The molecule has 0 saturated carbocycles. The van der Waals surface area contributed by atoms with Gasteiger partial charge in [0.2, 0.25) is 10.0 Å². The van der Waals surface area contributed by atoms with E-state index in [-0.39, 0.29) is 35.2 Å². The second kappa shape index (κ2) is 10.3. The number of nitrogens with one attached hydrogen (secondary N) is 2. The third kappa shape index (κ3) is 5.39. The maximum atomic E-state index is 12.8. The Hall–Kier alpha value is -3.40. The van der Waals surface area contributed by atoms with E-state index >= 15 is 0 Å². The molecule has 3 aromatic carbocycles. The molecule has 0 saturated heterocycles. The normalized spacial score (nSPS) is 11.5. The Morgan fingerprint density at radius 3 is 2.56 bits per heavy atom. The van der Waals surface area contributed by atoms with Crippen LogP contribution < -0.4 is 14.8 Å². The Morgan fingerprint density at radius 1 is 1.06 bits per heavy atom. The number of hydrogen-bond acceptors (Lipinski definition) is 5. The van der Waals surface area contributed by atoms with Crippen LogP contribution in [0.2, 0.25) is 5.02 Å². The van der Waals surface area contributed by atoms with Crippen LogP contribution in [0.25, 0.3) is 11.0 Å². The van der Waals surface area contributed by atoms with Gasteiger partial charge in [-0.1, -0.05) is 41.9 Å². The summed E-state index contributed by atoms with van der Waals surface area (Å²) in [5.74, 6) is 0.809. The molecule has 1 amide bonds. The third-order valence-electron chi connectivity index (χ3n) is 5.19. The number of benzene rings is 3. The predicted octanol–water partition coefficient (Wildman–Crippen LogP) is 3.51. The summed E-state index contributed by atoms with van der Waals surface area (Å²) >= 11 is 6.20. The van der Waals surface area contributed by atoms with Crippen molar-refractivity contribution in [2.75, 3.05) is 13.2 Å². The van der Waals surface area contributed by atoms with E-state index in [1.54, 1.807) is 12.1 Å². The average molecular weight is 499 g/mol. The average Bonchev–Trinajstić information content (AvgIpc) is 3.16. The van der Waals surface area contributed by atoms with E-state index in [0.717, 1.165) is 11.0 Å². The summed E-state index contributed by atoms with van der Waals surface area (Å²) in [5, 5.41) is 2.91. The zero-order valence-electron chi connectivity index (χ0n) is 18.4. The number of hydrogen-bond donors (Lipinski definition) is 2. The number of nitrogens with zero attached hydrogens (tertiary/aromatic N) is 2. The quantitative estimate of drug-likeness (QED) is 0.344. The van der Waals surface area contributed by atoms with Crippen LogP contribution in [-0.4, -0.2) is 37.0 Å². The first kappa shape index (κ1) is 23.7. The number of amides is 1. The van der Waals surface area contributed by atoms with Crippen LogP contribution >= 0.6 is 11.6 Å². The van der Waals surface area contributed by atoms with Crippen molar-refractivity contribution in [3.63, 3.8) is 0 Å². The molecule has 4 rings (SSSR count). The van der Waals surface area contributed by atoms with E-state index in [4.69, 9.17) is 16.3 Å². The van der Waals surface area contributed by atoms with Crippen molar-refractivity contribution in [3.8, 4) is 5.75 Å². The third-order valence-corrected chi connectivity index (χ3v) is 6.97. The highest BCUT2D eigenvalue weighted by molar-refractivity contribution is 7.89. The maximum Gasteiger partial charge on any atom is 0.253 e. The van der Waals surface area contributed by atoms with Gasteiger partial charge < -0.3 is 14.6 Å². The fourth-order valence-electron chi connectivity index (χ4n) is 3.40. The van der Waals surface area contributed by atoms with E-state index in [1.807, 2.05) is 54.1 Å². The number of aromatic nitrogens is 2. The predicted molar refractivity (Wildman–Crippen MR) is 130 cm³/mol. The molecule has 0 radical (unpaired) electrons. The van der Waals surface area contributed by atoms with Crippen LogP contribution in [-0.2, 0) is 23.6 Å². The number of imidazole rings is 1. The summed E-state index contributed by atoms with van der Waals surface area (Å²) in [7, 11) is -2.00. The van der Waals surface area contributed by atoms with Gasteiger partial charge in [0.25, 0.3) is 5.91 Å². The number of carbonyl (C=O) groups excluding carboxylic acids is 1. The highest BCUT2D eigenvalue weighted by Crippen LogP contribution is 2.21. The van der Waals surface area contributed by atoms with Gasteiger partial charge in [-0.15, -0.1) is 0 Å². The van der Waals surface area contributed by atoms with Gasteiger partial charge in [-0.05, 0) is 42.5 Å². The van der Waals surface area contributed by atoms with Gasteiger partial charge in [-0.2, -0.15) is 0 Å². The Labute approximate surface area is 202 Å². The van der Waals surface area contributed by atoms with Gasteiger partial charge in [-0.25, -0.2) is 18.1 Å². The zero-order valence-corrected chi connectivity index (χ0v) is 19.9. The van der Waals surface area contributed by atoms with Crippen molar-refractivity contribution in [2.24, 2.45) is 7.05 Å². The second-order valence-electron chi connectivity index (χ2n) is 7.46. The number of halogens is 1. The molecule has 0 fully saturated rings. The van der Waals surface area contributed by atoms with Gasteiger partial charge in [0, 0.05) is 13.6 Å². The van der Waals surface area contributed by atoms with E-state index in [9.17, 15) is 13.2 Å². The van der Waals surface area contributed by atoms with Gasteiger partial charge in [0.1, 0.15) is 18.2 Å². The number of fused-ring (bicyclic) bond motifs is 1. The van der Waals surface area contributed by atoms with Crippen molar-refractivity contribution in [1.29, 1.82) is 0 Å². The van der Waals surface area contributed by atoms with Crippen LogP contribution in [0, 0.1) is 0 Å². The number of carbonyl (C=O) groups is 1. The molecule has 0 aliphatic rings. The van der Waals surface area contributed by atoms with Gasteiger partial charge >= 0.3 is 0 Å². The number of aryl methyl sites for hydroxylation is 1. The lowest BCUT2D eigenvalue weighted by Gasteiger charge is -2.11. The van der Waals surface area contributed by atoms with Crippen molar-refractivity contribution < 1.29 is 17.9 Å². The molecule has 8 nitrogen and oxygen atoms in total. The summed E-state index contributed by atoms with van der Waals surface area (Å²) < 4.78 is 35.3. The minimum atomic E-state index is -3.86. The first-order valence-electron chi connectivity index (χ1n) is 10.5. The molecule has 0 spiro atoms. The maximum absolute atomic E-state index is 12.8. The van der Waals surface area contributed by atoms with Gasteiger partial charge in [0.05, 0.1) is 33.1 Å². The van der Waals surface area contributed by atoms with Crippen LogP contribution in [0.3, 0.4) is 0 Å². The monoisotopic (exact) mass is 498 g/mol. The first-order chi connectivity index (χ1) is 16.3. The van der Waals surface area contributed by atoms with Crippen molar-refractivity contribution >= 4 is 38.6 Å². The molecule has 0 aliphatic heterocycles. The standard InChI is InChI=1S/C24H23ClN4O4S/c1-29-22-10-6-5-9-21(22)28-23(29)16-26-24(30)19-15-18(11-12-20(19)25)34(31,32)27-13-14-33-17-7-3-2-4-8-17/h2-12,15,27H,13-14,16H2,1H3,(H,26,30). The van der Waals surface area contributed by atoms with Gasteiger partial charge in [0.15, 0.2) is 0 Å². The molecule has 1 aromatic heterocycles.